The molecule has 7 nitrogen and oxygen atoms in total. The van der Waals surface area contributed by atoms with Crippen molar-refractivity contribution in [1.29, 1.82) is 0 Å². The second-order valence-electron chi connectivity index (χ2n) is 5.89. The van der Waals surface area contributed by atoms with Crippen molar-refractivity contribution in [2.24, 2.45) is 0 Å². The fraction of sp³-hybridized carbons (Fsp3) is 0.0526. The first-order chi connectivity index (χ1) is 13.1. The minimum absolute atomic E-state index is 0.0872. The summed E-state index contributed by atoms with van der Waals surface area (Å²) >= 11 is 1.54. The highest BCUT2D eigenvalue weighted by Gasteiger charge is 2.22. The van der Waals surface area contributed by atoms with Crippen molar-refractivity contribution in [1.82, 2.24) is 15.5 Å². The van der Waals surface area contributed by atoms with E-state index in [4.69, 9.17) is 0 Å². The van der Waals surface area contributed by atoms with Crippen LogP contribution in [0.25, 0.3) is 10.9 Å². The maximum Gasteiger partial charge on any atom is 0.273 e. The van der Waals surface area contributed by atoms with Crippen LogP contribution in [0.3, 0.4) is 0 Å². The Bertz CT molecular complexity index is 1110. The second-order valence-corrected chi connectivity index (χ2v) is 6.87. The zero-order valence-electron chi connectivity index (χ0n) is 14.0. The average Bonchev–Trinajstić information content (AvgIpc) is 3.36. The van der Waals surface area contributed by atoms with Gasteiger partial charge in [-0.25, -0.2) is 0 Å². The molecule has 27 heavy (non-hydrogen) atoms. The number of hydrogen-bond acceptors (Lipinski definition) is 5. The van der Waals surface area contributed by atoms with Gasteiger partial charge in [0.15, 0.2) is 5.69 Å². The van der Waals surface area contributed by atoms with Crippen LogP contribution in [0.5, 0.6) is 0 Å². The predicted octanol–water partition coefficient (Wildman–Crippen LogP) is 4.05. The van der Waals surface area contributed by atoms with Gasteiger partial charge in [-0.2, -0.15) is 5.10 Å². The highest BCUT2D eigenvalue weighted by Crippen LogP contribution is 2.27. The summed E-state index contributed by atoms with van der Waals surface area (Å²) < 4.78 is 0. The number of nitro benzene ring substituents is 1. The number of nitro groups is 1. The van der Waals surface area contributed by atoms with Gasteiger partial charge in [0.05, 0.1) is 16.5 Å². The highest BCUT2D eigenvalue weighted by atomic mass is 32.1. The molecule has 2 aromatic heterocycles. The first-order valence-electron chi connectivity index (χ1n) is 8.15. The SMILES string of the molecule is O=C(NC(c1ccccc1)c1cccs1)c1n[nH]c2ccc([N+](=O)[O-])cc12. The number of fused-ring (bicyclic) bond motifs is 1. The van der Waals surface area contributed by atoms with Gasteiger partial charge < -0.3 is 5.32 Å². The number of non-ortho nitro benzene ring substituents is 1. The molecule has 0 aliphatic heterocycles. The fourth-order valence-corrected chi connectivity index (χ4v) is 3.71. The molecule has 2 aromatic carbocycles. The lowest BCUT2D eigenvalue weighted by atomic mass is 10.0. The molecule has 0 bridgehead atoms. The van der Waals surface area contributed by atoms with E-state index in [0.29, 0.717) is 10.9 Å². The lowest BCUT2D eigenvalue weighted by molar-refractivity contribution is -0.384. The van der Waals surface area contributed by atoms with E-state index < -0.39 is 10.8 Å². The lowest BCUT2D eigenvalue weighted by Crippen LogP contribution is -2.29. The van der Waals surface area contributed by atoms with E-state index >= 15 is 0 Å². The number of hydrogen-bond donors (Lipinski definition) is 2. The Morgan fingerprint density at radius 3 is 2.67 bits per heavy atom. The number of nitrogens with zero attached hydrogens (tertiary/aromatic N) is 2. The third kappa shape index (κ3) is 3.30. The first kappa shape index (κ1) is 16.9. The zero-order valence-corrected chi connectivity index (χ0v) is 14.8. The average molecular weight is 378 g/mol. The number of rotatable bonds is 5. The van der Waals surface area contributed by atoms with Crippen molar-refractivity contribution in [3.8, 4) is 0 Å². The van der Waals surface area contributed by atoms with Crippen LogP contribution in [-0.2, 0) is 0 Å². The Morgan fingerprint density at radius 1 is 1.15 bits per heavy atom. The molecule has 8 heteroatoms. The van der Waals surface area contributed by atoms with E-state index in [9.17, 15) is 14.9 Å². The molecule has 2 N–H and O–H groups in total. The van der Waals surface area contributed by atoms with Crippen LogP contribution in [0.1, 0.15) is 27.0 Å². The molecule has 2 heterocycles. The van der Waals surface area contributed by atoms with E-state index in [1.807, 2.05) is 47.8 Å². The summed E-state index contributed by atoms with van der Waals surface area (Å²) in [6.45, 7) is 0. The van der Waals surface area contributed by atoms with Crippen molar-refractivity contribution in [3.05, 3.63) is 92.3 Å². The summed E-state index contributed by atoms with van der Waals surface area (Å²) in [6.07, 6.45) is 0. The number of benzene rings is 2. The van der Waals surface area contributed by atoms with Crippen LogP contribution in [0.2, 0.25) is 0 Å². The molecule has 134 valence electrons. The highest BCUT2D eigenvalue weighted by molar-refractivity contribution is 7.10. The topological polar surface area (TPSA) is 101 Å². The number of thiophene rings is 1. The quantitative estimate of drug-likeness (QED) is 0.404. The number of carbonyl (C=O) groups is 1. The van der Waals surface area contributed by atoms with E-state index in [2.05, 4.69) is 15.5 Å². The molecule has 4 aromatic rings. The Hall–Kier alpha value is -3.52. The maximum atomic E-state index is 12.9. The summed E-state index contributed by atoms with van der Waals surface area (Å²) in [6, 6.07) is 17.5. The maximum absolute atomic E-state index is 12.9. The largest absolute Gasteiger partial charge is 0.339 e. The van der Waals surface area contributed by atoms with Gasteiger partial charge in [0.2, 0.25) is 0 Å². The van der Waals surface area contributed by atoms with Crippen molar-refractivity contribution in [3.63, 3.8) is 0 Å². The van der Waals surface area contributed by atoms with Crippen LogP contribution in [0.4, 0.5) is 5.69 Å². The molecule has 0 spiro atoms. The molecule has 0 aliphatic rings. The van der Waals surface area contributed by atoms with E-state index in [1.54, 1.807) is 17.4 Å². The van der Waals surface area contributed by atoms with Crippen LogP contribution in [-0.4, -0.2) is 21.0 Å². The number of aromatic nitrogens is 2. The Kier molecular flexibility index (Phi) is 4.39. The third-order valence-electron chi connectivity index (χ3n) is 4.21. The molecule has 0 fully saturated rings. The minimum Gasteiger partial charge on any atom is -0.339 e. The fourth-order valence-electron chi connectivity index (χ4n) is 2.91. The molecular formula is C19H14N4O3S. The zero-order chi connectivity index (χ0) is 18.8. The van der Waals surface area contributed by atoms with Gasteiger partial charge in [0, 0.05) is 22.4 Å². The number of carbonyl (C=O) groups excluding carboxylic acids is 1. The van der Waals surface area contributed by atoms with E-state index in [0.717, 1.165) is 10.4 Å². The normalized spacial score (nSPS) is 12.0. The minimum atomic E-state index is -0.494. The molecule has 0 saturated carbocycles. The summed E-state index contributed by atoms with van der Waals surface area (Å²) in [4.78, 5) is 24.5. The number of nitrogens with one attached hydrogen (secondary N) is 2. The van der Waals surface area contributed by atoms with Gasteiger partial charge in [-0.15, -0.1) is 11.3 Å². The van der Waals surface area contributed by atoms with Crippen LogP contribution < -0.4 is 5.32 Å². The smallest absolute Gasteiger partial charge is 0.273 e. The Morgan fingerprint density at radius 2 is 1.96 bits per heavy atom. The monoisotopic (exact) mass is 378 g/mol. The van der Waals surface area contributed by atoms with Crippen LogP contribution in [0, 0.1) is 10.1 Å². The molecular weight excluding hydrogens is 364 g/mol. The lowest BCUT2D eigenvalue weighted by Gasteiger charge is -2.17. The third-order valence-corrected chi connectivity index (χ3v) is 5.15. The van der Waals surface area contributed by atoms with Gasteiger partial charge in [-0.3, -0.25) is 20.0 Å². The van der Waals surface area contributed by atoms with Gasteiger partial charge in [-0.1, -0.05) is 36.4 Å². The summed E-state index contributed by atoms with van der Waals surface area (Å²) in [5, 5.41) is 23.2. The van der Waals surface area contributed by atoms with Gasteiger partial charge in [0.1, 0.15) is 0 Å². The standard InChI is InChI=1S/C19H14N4O3S/c24-19(18-14-11-13(23(25)26)8-9-15(14)21-22-18)20-17(16-7-4-10-27-16)12-5-2-1-3-6-12/h1-11,17H,(H,20,24)(H,21,22). The molecule has 4 rings (SSSR count). The van der Waals surface area contributed by atoms with E-state index in [1.165, 1.54) is 12.1 Å². The van der Waals surface area contributed by atoms with Crippen molar-refractivity contribution >= 4 is 33.8 Å². The number of aromatic amines is 1. The molecule has 0 saturated heterocycles. The number of H-pyrrole nitrogens is 1. The van der Waals surface area contributed by atoms with Crippen molar-refractivity contribution in [2.75, 3.05) is 0 Å². The number of amides is 1. The summed E-state index contributed by atoms with van der Waals surface area (Å²) in [5.74, 6) is -0.399. The molecule has 1 amide bonds. The molecule has 0 aliphatic carbocycles. The molecule has 0 radical (unpaired) electrons. The molecule has 1 unspecified atom stereocenters. The Balaban J connectivity index is 1.70. The summed E-state index contributed by atoms with van der Waals surface area (Å²) in [5.41, 5.74) is 1.55. The van der Waals surface area contributed by atoms with Gasteiger partial charge >= 0.3 is 0 Å². The predicted molar refractivity (Wildman–Crippen MR) is 103 cm³/mol. The van der Waals surface area contributed by atoms with E-state index in [-0.39, 0.29) is 17.4 Å². The van der Waals surface area contributed by atoms with Gasteiger partial charge in [-0.05, 0) is 23.1 Å². The van der Waals surface area contributed by atoms with Crippen LogP contribution in [0.15, 0.2) is 66.0 Å². The summed E-state index contributed by atoms with van der Waals surface area (Å²) in [7, 11) is 0. The molecule has 1 atom stereocenters. The second kappa shape index (κ2) is 7.00. The first-order valence-corrected chi connectivity index (χ1v) is 9.03. The van der Waals surface area contributed by atoms with Crippen LogP contribution >= 0.6 is 11.3 Å². The van der Waals surface area contributed by atoms with Gasteiger partial charge in [0.25, 0.3) is 11.6 Å². The Labute approximate surface area is 157 Å². The van der Waals surface area contributed by atoms with Crippen molar-refractivity contribution < 1.29 is 9.72 Å². The van der Waals surface area contributed by atoms with Crippen molar-refractivity contribution in [2.45, 2.75) is 6.04 Å².